The third kappa shape index (κ3) is 8.68. The molecule has 3 rings (SSSR count). The summed E-state index contributed by atoms with van der Waals surface area (Å²) in [6.45, 7) is 5.16. The Bertz CT molecular complexity index is 868. The fraction of sp³-hybridized carbons (Fsp3) is 0.520. The summed E-state index contributed by atoms with van der Waals surface area (Å²) in [6.07, 6.45) is -6.57. The Morgan fingerprint density at radius 3 is 2.06 bits per heavy atom. The SMILES string of the molecule is CC(O)C(C)O.CCOc1ccc(Cc2cc([C@@H]3O[C@H](CO)[C@@H](O)[C@H](O)[C@H]3O)ccc2Cl)cc1.O. The first-order valence-corrected chi connectivity index (χ1v) is 11.6. The first-order chi connectivity index (χ1) is 16.1. The van der Waals surface area contributed by atoms with Crippen LogP contribution in [-0.2, 0) is 11.2 Å². The highest BCUT2D eigenvalue weighted by molar-refractivity contribution is 6.31. The second kappa shape index (κ2) is 14.7. The molecule has 0 spiro atoms. The van der Waals surface area contributed by atoms with Crippen molar-refractivity contribution in [2.24, 2.45) is 0 Å². The molecule has 0 aromatic heterocycles. The molecule has 2 unspecified atom stereocenters. The number of ether oxygens (including phenoxy) is 2. The average molecular weight is 517 g/mol. The zero-order chi connectivity index (χ0) is 25.4. The third-order valence-corrected chi connectivity index (χ3v) is 5.99. The van der Waals surface area contributed by atoms with Crippen molar-refractivity contribution in [3.8, 4) is 5.75 Å². The van der Waals surface area contributed by atoms with E-state index in [-0.39, 0.29) is 5.48 Å². The molecule has 0 radical (unpaired) electrons. The molecule has 1 aliphatic heterocycles. The van der Waals surface area contributed by atoms with Gasteiger partial charge in [0.25, 0.3) is 0 Å². The van der Waals surface area contributed by atoms with Crippen molar-refractivity contribution < 1.29 is 45.6 Å². The van der Waals surface area contributed by atoms with Crippen LogP contribution in [0.5, 0.6) is 5.75 Å². The molecule has 9 nitrogen and oxygen atoms in total. The lowest BCUT2D eigenvalue weighted by Crippen LogP contribution is -2.55. The van der Waals surface area contributed by atoms with Crippen LogP contribution in [0, 0.1) is 0 Å². The van der Waals surface area contributed by atoms with Gasteiger partial charge in [-0.15, -0.1) is 0 Å². The maximum atomic E-state index is 10.3. The Kier molecular flexibility index (Phi) is 13.1. The lowest BCUT2D eigenvalue weighted by atomic mass is 9.90. The molecule has 8 N–H and O–H groups in total. The van der Waals surface area contributed by atoms with Crippen molar-refractivity contribution in [3.63, 3.8) is 0 Å². The highest BCUT2D eigenvalue weighted by atomic mass is 35.5. The molecule has 0 amide bonds. The Morgan fingerprint density at radius 1 is 0.943 bits per heavy atom. The smallest absolute Gasteiger partial charge is 0.119 e. The van der Waals surface area contributed by atoms with Crippen molar-refractivity contribution in [2.75, 3.05) is 13.2 Å². The lowest BCUT2D eigenvalue weighted by molar-refractivity contribution is -0.231. The van der Waals surface area contributed by atoms with Gasteiger partial charge in [0.2, 0.25) is 0 Å². The van der Waals surface area contributed by atoms with Gasteiger partial charge in [-0.25, -0.2) is 0 Å². The van der Waals surface area contributed by atoms with Gasteiger partial charge in [-0.1, -0.05) is 35.9 Å². The van der Waals surface area contributed by atoms with Crippen molar-refractivity contribution in [2.45, 2.75) is 69.9 Å². The van der Waals surface area contributed by atoms with Gasteiger partial charge in [-0.2, -0.15) is 0 Å². The summed E-state index contributed by atoms with van der Waals surface area (Å²) < 4.78 is 11.1. The second-order valence-corrected chi connectivity index (χ2v) is 8.74. The van der Waals surface area contributed by atoms with E-state index in [0.29, 0.717) is 23.6 Å². The minimum absolute atomic E-state index is 0. The van der Waals surface area contributed by atoms with E-state index in [4.69, 9.17) is 31.3 Å². The van der Waals surface area contributed by atoms with E-state index in [9.17, 15) is 20.4 Å². The summed E-state index contributed by atoms with van der Waals surface area (Å²) >= 11 is 6.35. The van der Waals surface area contributed by atoms with Gasteiger partial charge >= 0.3 is 0 Å². The predicted octanol–water partition coefficient (Wildman–Crippen LogP) is 0.768. The first-order valence-electron chi connectivity index (χ1n) is 11.3. The third-order valence-electron chi connectivity index (χ3n) is 5.62. The van der Waals surface area contributed by atoms with Crippen LogP contribution in [0.1, 0.15) is 43.6 Å². The van der Waals surface area contributed by atoms with Gasteiger partial charge in [-0.05, 0) is 62.1 Å². The number of aliphatic hydroxyl groups excluding tert-OH is 6. The summed E-state index contributed by atoms with van der Waals surface area (Å²) in [5, 5.41) is 57.0. The molecule has 1 fully saturated rings. The summed E-state index contributed by atoms with van der Waals surface area (Å²) in [4.78, 5) is 0. The maximum Gasteiger partial charge on any atom is 0.119 e. The van der Waals surface area contributed by atoms with E-state index >= 15 is 0 Å². The van der Waals surface area contributed by atoms with E-state index in [1.54, 1.807) is 26.0 Å². The molecule has 1 saturated heterocycles. The minimum atomic E-state index is -1.42. The monoisotopic (exact) mass is 516 g/mol. The largest absolute Gasteiger partial charge is 0.494 e. The number of aliphatic hydroxyl groups is 6. The van der Waals surface area contributed by atoms with Crippen LogP contribution in [-0.4, -0.2) is 86.0 Å². The molecule has 2 aromatic rings. The number of benzene rings is 2. The lowest BCUT2D eigenvalue weighted by Gasteiger charge is -2.40. The molecular formula is C25H37ClO9. The Hall–Kier alpha value is -1.79. The van der Waals surface area contributed by atoms with Crippen LogP contribution in [0.4, 0.5) is 0 Å². The summed E-state index contributed by atoms with van der Waals surface area (Å²) in [5.74, 6) is 0.799. The molecule has 10 heteroatoms. The van der Waals surface area contributed by atoms with Crippen LogP contribution in [0.3, 0.4) is 0 Å². The van der Waals surface area contributed by atoms with Crippen LogP contribution in [0.25, 0.3) is 0 Å². The quantitative estimate of drug-likeness (QED) is 0.313. The van der Waals surface area contributed by atoms with E-state index in [0.717, 1.165) is 16.9 Å². The predicted molar refractivity (Wildman–Crippen MR) is 132 cm³/mol. The number of halogens is 1. The highest BCUT2D eigenvalue weighted by Gasteiger charge is 2.44. The Labute approximate surface area is 210 Å². The fourth-order valence-electron chi connectivity index (χ4n) is 3.37. The van der Waals surface area contributed by atoms with Crippen molar-refractivity contribution in [1.82, 2.24) is 0 Å². The van der Waals surface area contributed by atoms with Crippen molar-refractivity contribution in [3.05, 3.63) is 64.2 Å². The molecule has 2 aromatic carbocycles. The van der Waals surface area contributed by atoms with Crippen LogP contribution in [0.2, 0.25) is 5.02 Å². The van der Waals surface area contributed by atoms with Crippen molar-refractivity contribution in [1.29, 1.82) is 0 Å². The summed E-state index contributed by atoms with van der Waals surface area (Å²) in [5.41, 5.74) is 2.49. The molecular weight excluding hydrogens is 480 g/mol. The summed E-state index contributed by atoms with van der Waals surface area (Å²) in [7, 11) is 0. The number of hydrogen-bond acceptors (Lipinski definition) is 8. The molecule has 7 atom stereocenters. The molecule has 1 heterocycles. The standard InChI is InChI=1S/C21H25ClO6.C4H10O2.H2O/c1-2-27-15-6-3-12(4-7-15)9-14-10-13(5-8-16(14)22)21-20(26)19(25)18(24)17(11-23)28-21;1-3(5)4(2)6;/h3-8,10,17-21,23-26H,2,9,11H2,1H3;3-6H,1-2H3;1H2/t17-,18-,19+,20-,21+;;/m1../s1. The van der Waals surface area contributed by atoms with E-state index in [1.807, 2.05) is 37.3 Å². The zero-order valence-electron chi connectivity index (χ0n) is 20.1. The average Bonchev–Trinajstić information content (AvgIpc) is 2.81. The number of hydrogen-bond donors (Lipinski definition) is 6. The second-order valence-electron chi connectivity index (χ2n) is 8.34. The minimum Gasteiger partial charge on any atom is -0.494 e. The van der Waals surface area contributed by atoms with Crippen LogP contribution >= 0.6 is 11.6 Å². The van der Waals surface area contributed by atoms with Gasteiger partial charge in [0.05, 0.1) is 25.4 Å². The van der Waals surface area contributed by atoms with E-state index in [2.05, 4.69) is 0 Å². The van der Waals surface area contributed by atoms with Crippen molar-refractivity contribution >= 4 is 11.6 Å². The molecule has 0 saturated carbocycles. The first kappa shape index (κ1) is 31.2. The van der Waals surface area contributed by atoms with Gasteiger partial charge < -0.3 is 45.6 Å². The van der Waals surface area contributed by atoms with Crippen LogP contribution < -0.4 is 4.74 Å². The van der Waals surface area contributed by atoms with Gasteiger partial charge in [-0.3, -0.25) is 0 Å². The molecule has 0 bridgehead atoms. The molecule has 35 heavy (non-hydrogen) atoms. The normalized spacial score (nSPS) is 25.5. The Morgan fingerprint density at radius 2 is 1.54 bits per heavy atom. The topological polar surface area (TPSA) is 171 Å². The maximum absolute atomic E-state index is 10.3. The Balaban J connectivity index is 0.000000780. The van der Waals surface area contributed by atoms with Gasteiger partial charge in [0, 0.05) is 5.02 Å². The fourth-order valence-corrected chi connectivity index (χ4v) is 3.56. The summed E-state index contributed by atoms with van der Waals surface area (Å²) in [6, 6.07) is 12.9. The van der Waals surface area contributed by atoms with Gasteiger partial charge in [0.15, 0.2) is 0 Å². The molecule has 198 valence electrons. The van der Waals surface area contributed by atoms with E-state index in [1.165, 1.54) is 0 Å². The van der Waals surface area contributed by atoms with E-state index < -0.39 is 49.3 Å². The highest BCUT2D eigenvalue weighted by Crippen LogP contribution is 2.34. The van der Waals surface area contributed by atoms with Gasteiger partial charge in [0.1, 0.15) is 36.3 Å². The molecule has 1 aliphatic rings. The number of rotatable bonds is 7. The van der Waals surface area contributed by atoms with Crippen LogP contribution in [0.15, 0.2) is 42.5 Å². The molecule has 0 aliphatic carbocycles. The zero-order valence-corrected chi connectivity index (χ0v) is 20.8.